The van der Waals surface area contributed by atoms with Gasteiger partial charge >= 0.3 is 0 Å². The third kappa shape index (κ3) is 4.98. The second-order valence-corrected chi connectivity index (χ2v) is 4.95. The molecule has 0 aliphatic carbocycles. The molecule has 15 heavy (non-hydrogen) atoms. The molecule has 0 unspecified atom stereocenters. The van der Waals surface area contributed by atoms with Gasteiger partial charge in [0.15, 0.2) is 0 Å². The van der Waals surface area contributed by atoms with Crippen LogP contribution >= 0.6 is 0 Å². The minimum atomic E-state index is 0.554. The van der Waals surface area contributed by atoms with E-state index in [2.05, 4.69) is 57.3 Å². The number of hydrogen-bond donors (Lipinski definition) is 1. The minimum Gasteiger partial charge on any atom is -0.310 e. The standard InChI is InChI=1S/C14H23N/c1-11(2)8-13-6-5-7-14(9-13)10-15-12(3)4/h5-7,9,11-12,15H,8,10H2,1-4H3. The average Bonchev–Trinajstić information content (AvgIpc) is 2.14. The highest BCUT2D eigenvalue weighted by atomic mass is 14.9. The van der Waals surface area contributed by atoms with Crippen molar-refractivity contribution in [3.8, 4) is 0 Å². The maximum atomic E-state index is 3.44. The van der Waals surface area contributed by atoms with Gasteiger partial charge in [0.2, 0.25) is 0 Å². The van der Waals surface area contributed by atoms with E-state index in [0.717, 1.165) is 12.5 Å². The molecule has 0 amide bonds. The van der Waals surface area contributed by atoms with E-state index < -0.39 is 0 Å². The smallest absolute Gasteiger partial charge is 0.0207 e. The zero-order valence-corrected chi connectivity index (χ0v) is 10.4. The SMILES string of the molecule is CC(C)Cc1cccc(CNC(C)C)c1. The van der Waals surface area contributed by atoms with Crippen molar-refractivity contribution in [1.82, 2.24) is 5.32 Å². The third-order valence-electron chi connectivity index (χ3n) is 2.35. The first kappa shape index (κ1) is 12.3. The Morgan fingerprint density at radius 3 is 2.33 bits per heavy atom. The molecule has 0 bridgehead atoms. The third-order valence-corrected chi connectivity index (χ3v) is 2.35. The molecule has 1 aromatic carbocycles. The summed E-state index contributed by atoms with van der Waals surface area (Å²) in [6.45, 7) is 9.86. The highest BCUT2D eigenvalue weighted by Crippen LogP contribution is 2.10. The highest BCUT2D eigenvalue weighted by Gasteiger charge is 2.00. The first-order valence-corrected chi connectivity index (χ1v) is 5.89. The van der Waals surface area contributed by atoms with Crippen LogP contribution in [0.15, 0.2) is 24.3 Å². The van der Waals surface area contributed by atoms with Crippen molar-refractivity contribution >= 4 is 0 Å². The zero-order valence-electron chi connectivity index (χ0n) is 10.4. The van der Waals surface area contributed by atoms with E-state index in [-0.39, 0.29) is 0 Å². The summed E-state index contributed by atoms with van der Waals surface area (Å²) in [5, 5.41) is 3.44. The fraction of sp³-hybridized carbons (Fsp3) is 0.571. The summed E-state index contributed by atoms with van der Waals surface area (Å²) in [5.41, 5.74) is 2.84. The number of nitrogens with one attached hydrogen (secondary N) is 1. The fourth-order valence-corrected chi connectivity index (χ4v) is 1.66. The van der Waals surface area contributed by atoms with E-state index in [1.54, 1.807) is 0 Å². The monoisotopic (exact) mass is 205 g/mol. The van der Waals surface area contributed by atoms with Gasteiger partial charge < -0.3 is 5.32 Å². The Bertz CT molecular complexity index is 289. The van der Waals surface area contributed by atoms with Crippen LogP contribution in [0, 0.1) is 5.92 Å². The molecule has 0 spiro atoms. The van der Waals surface area contributed by atoms with Crippen molar-refractivity contribution in [2.45, 2.75) is 46.7 Å². The molecule has 1 aromatic rings. The van der Waals surface area contributed by atoms with Crippen LogP contribution in [-0.4, -0.2) is 6.04 Å². The Balaban J connectivity index is 2.57. The van der Waals surface area contributed by atoms with Crippen molar-refractivity contribution in [2.24, 2.45) is 5.92 Å². The lowest BCUT2D eigenvalue weighted by Crippen LogP contribution is -2.21. The molecule has 0 aliphatic rings. The van der Waals surface area contributed by atoms with Gasteiger partial charge in [-0.25, -0.2) is 0 Å². The summed E-state index contributed by atoms with van der Waals surface area (Å²) in [6.07, 6.45) is 1.18. The molecule has 1 heteroatoms. The quantitative estimate of drug-likeness (QED) is 0.777. The molecule has 84 valence electrons. The minimum absolute atomic E-state index is 0.554. The van der Waals surface area contributed by atoms with Crippen LogP contribution in [0.3, 0.4) is 0 Å². The van der Waals surface area contributed by atoms with Gasteiger partial charge in [-0.15, -0.1) is 0 Å². The topological polar surface area (TPSA) is 12.0 Å². The average molecular weight is 205 g/mol. The Kier molecular flexibility index (Phi) is 4.83. The van der Waals surface area contributed by atoms with Gasteiger partial charge in [0.25, 0.3) is 0 Å². The first-order chi connectivity index (χ1) is 7.08. The lowest BCUT2D eigenvalue weighted by Gasteiger charge is -2.10. The highest BCUT2D eigenvalue weighted by molar-refractivity contribution is 5.23. The van der Waals surface area contributed by atoms with Crippen LogP contribution in [0.4, 0.5) is 0 Å². The van der Waals surface area contributed by atoms with Crippen LogP contribution in [-0.2, 0) is 13.0 Å². The Labute approximate surface area is 93.9 Å². The van der Waals surface area contributed by atoms with E-state index in [1.165, 1.54) is 17.5 Å². The maximum absolute atomic E-state index is 3.44. The Morgan fingerprint density at radius 1 is 1.07 bits per heavy atom. The van der Waals surface area contributed by atoms with Crippen LogP contribution in [0.5, 0.6) is 0 Å². The van der Waals surface area contributed by atoms with E-state index in [4.69, 9.17) is 0 Å². The number of rotatable bonds is 5. The van der Waals surface area contributed by atoms with Crippen LogP contribution in [0.25, 0.3) is 0 Å². The molecule has 0 aliphatic heterocycles. The summed E-state index contributed by atoms with van der Waals surface area (Å²) in [5.74, 6) is 0.735. The van der Waals surface area contributed by atoms with Crippen LogP contribution in [0.2, 0.25) is 0 Å². The van der Waals surface area contributed by atoms with Crippen molar-refractivity contribution in [1.29, 1.82) is 0 Å². The van der Waals surface area contributed by atoms with E-state index >= 15 is 0 Å². The second-order valence-electron chi connectivity index (χ2n) is 4.95. The molecule has 0 heterocycles. The summed E-state index contributed by atoms with van der Waals surface area (Å²) < 4.78 is 0. The van der Waals surface area contributed by atoms with Gasteiger partial charge in [-0.2, -0.15) is 0 Å². The largest absolute Gasteiger partial charge is 0.310 e. The van der Waals surface area contributed by atoms with E-state index in [9.17, 15) is 0 Å². The maximum Gasteiger partial charge on any atom is 0.0207 e. The summed E-state index contributed by atoms with van der Waals surface area (Å²) in [7, 11) is 0. The van der Waals surface area contributed by atoms with Gasteiger partial charge in [0.1, 0.15) is 0 Å². The zero-order chi connectivity index (χ0) is 11.3. The molecule has 0 atom stereocenters. The normalized spacial score (nSPS) is 11.3. The van der Waals surface area contributed by atoms with Crippen LogP contribution in [0.1, 0.15) is 38.8 Å². The van der Waals surface area contributed by atoms with Crippen molar-refractivity contribution in [2.75, 3.05) is 0 Å². The number of benzene rings is 1. The predicted octanol–water partition coefficient (Wildman–Crippen LogP) is 3.38. The molecule has 1 N–H and O–H groups in total. The van der Waals surface area contributed by atoms with Gasteiger partial charge in [-0.05, 0) is 23.5 Å². The molecule has 1 nitrogen and oxygen atoms in total. The van der Waals surface area contributed by atoms with Crippen LogP contribution < -0.4 is 5.32 Å². The Morgan fingerprint density at radius 2 is 1.73 bits per heavy atom. The van der Waals surface area contributed by atoms with Crippen molar-refractivity contribution < 1.29 is 0 Å². The molecule has 1 rings (SSSR count). The van der Waals surface area contributed by atoms with Gasteiger partial charge in [-0.3, -0.25) is 0 Å². The molecule has 0 saturated heterocycles. The molecule has 0 aromatic heterocycles. The molecular formula is C14H23N. The lowest BCUT2D eigenvalue weighted by molar-refractivity contribution is 0.587. The molecule has 0 saturated carbocycles. The molecule has 0 radical (unpaired) electrons. The van der Waals surface area contributed by atoms with Gasteiger partial charge in [-0.1, -0.05) is 52.0 Å². The van der Waals surface area contributed by atoms with Crippen molar-refractivity contribution in [3.05, 3.63) is 35.4 Å². The predicted molar refractivity (Wildman–Crippen MR) is 67.0 cm³/mol. The van der Waals surface area contributed by atoms with Gasteiger partial charge in [0.05, 0.1) is 0 Å². The summed E-state index contributed by atoms with van der Waals surface area (Å²) >= 11 is 0. The number of hydrogen-bond acceptors (Lipinski definition) is 1. The first-order valence-electron chi connectivity index (χ1n) is 5.89. The summed E-state index contributed by atoms with van der Waals surface area (Å²) in [6, 6.07) is 9.45. The Hall–Kier alpha value is -0.820. The second kappa shape index (κ2) is 5.92. The van der Waals surface area contributed by atoms with E-state index in [0.29, 0.717) is 6.04 Å². The van der Waals surface area contributed by atoms with E-state index in [1.807, 2.05) is 0 Å². The molecule has 0 fully saturated rings. The van der Waals surface area contributed by atoms with Gasteiger partial charge in [0, 0.05) is 12.6 Å². The fourth-order valence-electron chi connectivity index (χ4n) is 1.66. The lowest BCUT2D eigenvalue weighted by atomic mass is 10.0. The molecular weight excluding hydrogens is 182 g/mol. The van der Waals surface area contributed by atoms with Crippen molar-refractivity contribution in [3.63, 3.8) is 0 Å². The summed E-state index contributed by atoms with van der Waals surface area (Å²) in [4.78, 5) is 0.